The molecule has 2 unspecified atom stereocenters. The van der Waals surface area contributed by atoms with Crippen LogP contribution in [0.4, 0.5) is 10.1 Å². The molecule has 0 spiro atoms. The third kappa shape index (κ3) is 6.85. The van der Waals surface area contributed by atoms with Crippen molar-refractivity contribution in [3.8, 4) is 5.75 Å². The number of benzene rings is 2. The molecule has 0 aromatic heterocycles. The molecular weight excluding hydrogens is 415 g/mol. The third-order valence-electron chi connectivity index (χ3n) is 5.24. The van der Waals surface area contributed by atoms with Gasteiger partial charge in [-0.2, -0.15) is 0 Å². The van der Waals surface area contributed by atoms with Crippen molar-refractivity contribution in [3.63, 3.8) is 0 Å². The largest absolute Gasteiger partial charge is 0.489 e. The number of anilines is 1. The number of hydrogen-bond acceptors (Lipinski definition) is 6. The Labute approximate surface area is 187 Å². The molecule has 8 heteroatoms. The van der Waals surface area contributed by atoms with Crippen molar-refractivity contribution in [2.45, 2.75) is 39.1 Å². The van der Waals surface area contributed by atoms with Crippen molar-refractivity contribution in [1.29, 1.82) is 0 Å². The van der Waals surface area contributed by atoms with Gasteiger partial charge in [0.25, 0.3) is 0 Å². The number of nitrogens with one attached hydrogen (secondary N) is 1. The molecule has 3 rings (SSSR count). The number of rotatable bonds is 10. The highest BCUT2D eigenvalue weighted by Crippen LogP contribution is 2.23. The lowest BCUT2D eigenvalue weighted by molar-refractivity contribution is -0.114. The highest BCUT2D eigenvalue weighted by atomic mass is 19.1. The van der Waals surface area contributed by atoms with Crippen LogP contribution in [0.25, 0.3) is 0 Å². The summed E-state index contributed by atoms with van der Waals surface area (Å²) >= 11 is 0. The fraction of sp³-hybridized carbons (Fsp3) is 0.417. The molecule has 7 nitrogen and oxygen atoms in total. The van der Waals surface area contributed by atoms with Crippen LogP contribution in [0.1, 0.15) is 36.2 Å². The molecule has 2 aromatic rings. The van der Waals surface area contributed by atoms with E-state index in [0.29, 0.717) is 35.7 Å². The summed E-state index contributed by atoms with van der Waals surface area (Å²) in [5.41, 5.74) is 1.60. The summed E-state index contributed by atoms with van der Waals surface area (Å²) in [5, 5.41) is 13.1. The van der Waals surface area contributed by atoms with Crippen LogP contribution in [0.2, 0.25) is 0 Å². The fourth-order valence-corrected chi connectivity index (χ4v) is 3.79. The first kappa shape index (κ1) is 23.8. The number of amides is 1. The Balaban J connectivity index is 1.47. The average molecular weight is 445 g/mol. The minimum atomic E-state index is -0.715. The highest BCUT2D eigenvalue weighted by Gasteiger charge is 2.25. The van der Waals surface area contributed by atoms with Crippen LogP contribution in [-0.4, -0.2) is 60.1 Å². The Morgan fingerprint density at radius 3 is 2.66 bits per heavy atom. The topological polar surface area (TPSA) is 88.1 Å². The summed E-state index contributed by atoms with van der Waals surface area (Å²) < 4.78 is 24.6. The molecule has 2 atom stereocenters. The molecule has 0 bridgehead atoms. The Hall–Kier alpha value is -2.81. The molecule has 172 valence electrons. The lowest BCUT2D eigenvalue weighted by atomic mass is 10.0. The van der Waals surface area contributed by atoms with Gasteiger partial charge >= 0.3 is 0 Å². The zero-order chi connectivity index (χ0) is 23.1. The molecule has 0 saturated carbocycles. The van der Waals surface area contributed by atoms with Crippen molar-refractivity contribution in [2.75, 3.05) is 31.6 Å². The second-order valence-electron chi connectivity index (χ2n) is 7.98. The van der Waals surface area contributed by atoms with E-state index < -0.39 is 6.10 Å². The van der Waals surface area contributed by atoms with Gasteiger partial charge in [-0.15, -0.1) is 0 Å². The van der Waals surface area contributed by atoms with E-state index in [2.05, 4.69) is 10.2 Å². The summed E-state index contributed by atoms with van der Waals surface area (Å²) in [6.45, 7) is 4.92. The van der Waals surface area contributed by atoms with E-state index in [1.54, 1.807) is 30.3 Å². The zero-order valence-corrected chi connectivity index (χ0v) is 18.3. The Bertz CT molecular complexity index is 934. The van der Waals surface area contributed by atoms with Gasteiger partial charge in [-0.3, -0.25) is 14.5 Å². The van der Waals surface area contributed by atoms with E-state index in [1.807, 2.05) is 0 Å². The number of halogens is 1. The molecule has 1 saturated heterocycles. The molecule has 1 heterocycles. The van der Waals surface area contributed by atoms with Gasteiger partial charge in [0.05, 0.1) is 19.3 Å². The predicted octanol–water partition coefficient (Wildman–Crippen LogP) is 3.02. The number of β-amino-alcohol motifs (C(OH)–C–C–N with tert-alkyl or cyclic N) is 1. The van der Waals surface area contributed by atoms with E-state index in [9.17, 15) is 19.1 Å². The van der Waals surface area contributed by atoms with Crippen molar-refractivity contribution in [1.82, 2.24) is 4.90 Å². The molecule has 2 N–H and O–H groups in total. The van der Waals surface area contributed by atoms with Crippen molar-refractivity contribution in [3.05, 3.63) is 59.4 Å². The van der Waals surface area contributed by atoms with Gasteiger partial charge in [0.1, 0.15) is 17.7 Å². The van der Waals surface area contributed by atoms with Crippen LogP contribution in [0, 0.1) is 5.82 Å². The quantitative estimate of drug-likeness (QED) is 0.548. The van der Waals surface area contributed by atoms with Crippen LogP contribution in [0.3, 0.4) is 0 Å². The standard InChI is InChI=1S/C24H29FN2O5/c1-16(28)22-4-3-5-24(26-17(2)29)23(22)15-31-14-19(30)12-27-11-10-21(13-27)32-20-8-6-18(25)7-9-20/h3-9,19,21,30H,10-15H2,1-2H3,(H,26,29). The molecular formula is C24H29FN2O5. The minimum absolute atomic E-state index is 0.0174. The van der Waals surface area contributed by atoms with Gasteiger partial charge in [-0.1, -0.05) is 12.1 Å². The average Bonchev–Trinajstić information content (AvgIpc) is 3.16. The van der Waals surface area contributed by atoms with Crippen LogP contribution in [0.15, 0.2) is 42.5 Å². The van der Waals surface area contributed by atoms with Crippen LogP contribution in [0.5, 0.6) is 5.75 Å². The van der Waals surface area contributed by atoms with Crippen molar-refractivity contribution >= 4 is 17.4 Å². The zero-order valence-electron chi connectivity index (χ0n) is 18.3. The maximum Gasteiger partial charge on any atom is 0.221 e. The summed E-state index contributed by atoms with van der Waals surface area (Å²) in [7, 11) is 0. The Morgan fingerprint density at radius 2 is 1.97 bits per heavy atom. The molecule has 0 aliphatic carbocycles. The van der Waals surface area contributed by atoms with E-state index in [1.165, 1.54) is 26.0 Å². The van der Waals surface area contributed by atoms with Crippen molar-refractivity contribution < 1.29 is 28.6 Å². The maximum atomic E-state index is 13.0. The number of nitrogens with zero attached hydrogens (tertiary/aromatic N) is 1. The highest BCUT2D eigenvalue weighted by molar-refractivity contribution is 5.99. The molecule has 0 radical (unpaired) electrons. The van der Waals surface area contributed by atoms with Gasteiger partial charge in [0.15, 0.2) is 5.78 Å². The maximum absolute atomic E-state index is 13.0. The van der Waals surface area contributed by atoms with Gasteiger partial charge in [0, 0.05) is 43.4 Å². The van der Waals surface area contributed by atoms with Crippen LogP contribution >= 0.6 is 0 Å². The van der Waals surface area contributed by atoms with Gasteiger partial charge in [-0.05, 0) is 43.7 Å². The van der Waals surface area contributed by atoms with Crippen molar-refractivity contribution in [2.24, 2.45) is 0 Å². The number of ketones is 1. The normalized spacial score (nSPS) is 17.2. The second-order valence-corrected chi connectivity index (χ2v) is 7.98. The molecule has 1 amide bonds. The summed E-state index contributed by atoms with van der Waals surface area (Å²) in [6.07, 6.45) is 0.0846. The third-order valence-corrected chi connectivity index (χ3v) is 5.24. The number of hydrogen-bond donors (Lipinski definition) is 2. The first-order valence-corrected chi connectivity index (χ1v) is 10.6. The lowest BCUT2D eigenvalue weighted by Crippen LogP contribution is -2.34. The van der Waals surface area contributed by atoms with E-state index in [-0.39, 0.29) is 36.8 Å². The second kappa shape index (κ2) is 11.2. The van der Waals surface area contributed by atoms with Gasteiger partial charge in [0.2, 0.25) is 5.91 Å². The fourth-order valence-electron chi connectivity index (χ4n) is 3.79. The lowest BCUT2D eigenvalue weighted by Gasteiger charge is -2.21. The molecule has 1 aliphatic rings. The van der Waals surface area contributed by atoms with Gasteiger partial charge < -0.3 is 19.9 Å². The number of aliphatic hydroxyl groups excluding tert-OH is 1. The first-order chi connectivity index (χ1) is 15.3. The number of Topliss-reactive ketones (excluding diaryl/α,β-unsaturated/α-hetero) is 1. The smallest absolute Gasteiger partial charge is 0.221 e. The van der Waals surface area contributed by atoms with Crippen LogP contribution in [-0.2, 0) is 16.1 Å². The molecule has 1 fully saturated rings. The van der Waals surface area contributed by atoms with E-state index in [4.69, 9.17) is 9.47 Å². The predicted molar refractivity (Wildman–Crippen MR) is 118 cm³/mol. The molecule has 1 aliphatic heterocycles. The summed E-state index contributed by atoms with van der Waals surface area (Å²) in [5.74, 6) is -0.0380. The number of aliphatic hydroxyl groups is 1. The van der Waals surface area contributed by atoms with E-state index >= 15 is 0 Å². The Morgan fingerprint density at radius 1 is 1.22 bits per heavy atom. The van der Waals surface area contributed by atoms with Gasteiger partial charge in [-0.25, -0.2) is 4.39 Å². The molecule has 2 aromatic carbocycles. The first-order valence-electron chi connectivity index (χ1n) is 10.6. The number of carbonyl (C=O) groups excluding carboxylic acids is 2. The minimum Gasteiger partial charge on any atom is -0.489 e. The van der Waals surface area contributed by atoms with Crippen LogP contribution < -0.4 is 10.1 Å². The number of carbonyl (C=O) groups is 2. The monoisotopic (exact) mass is 444 g/mol. The Kier molecular flexibility index (Phi) is 8.33. The SMILES string of the molecule is CC(=O)Nc1cccc(C(C)=O)c1COCC(O)CN1CCC(Oc2ccc(F)cc2)C1. The number of ether oxygens (including phenoxy) is 2. The summed E-state index contributed by atoms with van der Waals surface area (Å²) in [6, 6.07) is 11.1. The molecule has 32 heavy (non-hydrogen) atoms. The van der Waals surface area contributed by atoms with E-state index in [0.717, 1.165) is 13.0 Å². The summed E-state index contributed by atoms with van der Waals surface area (Å²) in [4.78, 5) is 25.5. The number of likely N-dealkylation sites (tertiary alicyclic amines) is 1.